The molecule has 4 aliphatic rings. The number of carbonyl (C=O) groups is 4. The zero-order valence-electron chi connectivity index (χ0n) is 29.4. The van der Waals surface area contributed by atoms with Crippen molar-refractivity contribution in [1.82, 2.24) is 24.9 Å². The first-order valence-electron chi connectivity index (χ1n) is 18.3. The molecule has 3 fully saturated rings. The smallest absolute Gasteiger partial charge is 0.322 e. The van der Waals surface area contributed by atoms with Gasteiger partial charge in [-0.15, -0.1) is 0 Å². The van der Waals surface area contributed by atoms with Gasteiger partial charge in [-0.1, -0.05) is 41.9 Å². The molecule has 5 amide bonds. The van der Waals surface area contributed by atoms with Gasteiger partial charge in [-0.25, -0.2) is 9.59 Å². The van der Waals surface area contributed by atoms with Crippen LogP contribution in [0.15, 0.2) is 42.5 Å². The van der Waals surface area contributed by atoms with Gasteiger partial charge in [-0.3, -0.25) is 14.5 Å². The first-order chi connectivity index (χ1) is 24.2. The normalized spacial score (nSPS) is 20.2. The number of para-hydroxylation sites is 1. The lowest BCUT2D eigenvalue weighted by Gasteiger charge is -2.41. The number of piperidine rings is 3. The Morgan fingerprint density at radius 2 is 1.58 bits per heavy atom. The summed E-state index contributed by atoms with van der Waals surface area (Å²) in [4.78, 5) is 60.4. The summed E-state index contributed by atoms with van der Waals surface area (Å²) in [5, 5.41) is 6.78. The fourth-order valence-corrected chi connectivity index (χ4v) is 8.31. The Hall–Kier alpha value is -3.83. The fraction of sp³-hybridized carbons (Fsp3) is 0.579. The third-order valence-electron chi connectivity index (χ3n) is 11.1. The molecule has 1 atom stereocenters. The van der Waals surface area contributed by atoms with E-state index in [2.05, 4.69) is 15.5 Å². The van der Waals surface area contributed by atoms with Crippen molar-refractivity contribution in [2.75, 3.05) is 57.7 Å². The molecule has 2 aromatic rings. The van der Waals surface area contributed by atoms with Crippen molar-refractivity contribution < 1.29 is 23.9 Å². The van der Waals surface area contributed by atoms with Crippen molar-refractivity contribution in [3.05, 3.63) is 64.2 Å². The molecule has 2 N–H and O–H groups in total. The summed E-state index contributed by atoms with van der Waals surface area (Å²) in [6.45, 7) is 9.25. The number of fused-ring (bicyclic) bond motifs is 1. The van der Waals surface area contributed by atoms with E-state index < -0.39 is 6.04 Å². The maximum atomic E-state index is 14.1. The number of ether oxygens (including phenoxy) is 1. The topological polar surface area (TPSA) is 115 Å². The van der Waals surface area contributed by atoms with Crippen molar-refractivity contribution in [3.63, 3.8) is 0 Å². The fourth-order valence-electron chi connectivity index (χ4n) is 8.19. The Bertz CT molecular complexity index is 1530. The molecule has 3 saturated heterocycles. The van der Waals surface area contributed by atoms with Crippen LogP contribution in [0.25, 0.3) is 0 Å². The van der Waals surface area contributed by atoms with E-state index in [4.69, 9.17) is 16.3 Å². The molecular weight excluding hydrogens is 656 g/mol. The van der Waals surface area contributed by atoms with Gasteiger partial charge in [-0.05, 0) is 106 Å². The maximum absolute atomic E-state index is 14.1. The summed E-state index contributed by atoms with van der Waals surface area (Å²) < 4.78 is 5.12. The number of nitrogens with zero attached hydrogens (tertiary/aromatic N) is 4. The van der Waals surface area contributed by atoms with Gasteiger partial charge in [0, 0.05) is 55.9 Å². The number of anilines is 1. The number of halogens is 1. The van der Waals surface area contributed by atoms with Gasteiger partial charge in [0.2, 0.25) is 5.91 Å². The van der Waals surface area contributed by atoms with Crippen molar-refractivity contribution in [2.24, 2.45) is 11.8 Å². The summed E-state index contributed by atoms with van der Waals surface area (Å²) in [7, 11) is 0. The van der Waals surface area contributed by atoms with E-state index in [0.29, 0.717) is 82.0 Å². The lowest BCUT2D eigenvalue weighted by molar-refractivity contribution is -0.144. The second kappa shape index (κ2) is 16.5. The van der Waals surface area contributed by atoms with Gasteiger partial charge in [0.15, 0.2) is 0 Å². The summed E-state index contributed by atoms with van der Waals surface area (Å²) in [6, 6.07) is 12.6. The van der Waals surface area contributed by atoms with Crippen LogP contribution < -0.4 is 10.6 Å². The predicted octanol–water partition coefficient (Wildman–Crippen LogP) is 5.29. The van der Waals surface area contributed by atoms with Gasteiger partial charge in [0.25, 0.3) is 0 Å². The van der Waals surface area contributed by atoms with E-state index in [1.54, 1.807) is 4.90 Å². The third kappa shape index (κ3) is 8.72. The molecule has 11 nitrogen and oxygen atoms in total. The van der Waals surface area contributed by atoms with Crippen molar-refractivity contribution >= 4 is 41.2 Å². The predicted molar refractivity (Wildman–Crippen MR) is 193 cm³/mol. The van der Waals surface area contributed by atoms with Crippen molar-refractivity contribution in [2.45, 2.75) is 77.4 Å². The molecule has 4 aliphatic heterocycles. The van der Waals surface area contributed by atoms with E-state index >= 15 is 0 Å². The second-order valence-corrected chi connectivity index (χ2v) is 14.7. The minimum absolute atomic E-state index is 0.0352. The van der Waals surface area contributed by atoms with Crippen LogP contribution in [0.3, 0.4) is 0 Å². The van der Waals surface area contributed by atoms with Gasteiger partial charge in [0.05, 0.1) is 13.2 Å². The summed E-state index contributed by atoms with van der Waals surface area (Å²) in [5.74, 6) is 0.933. The highest BCUT2D eigenvalue weighted by Gasteiger charge is 2.36. The molecule has 0 aliphatic carbocycles. The second-order valence-electron chi connectivity index (χ2n) is 14.3. The third-order valence-corrected chi connectivity index (χ3v) is 11.5. The van der Waals surface area contributed by atoms with Crippen LogP contribution in [0, 0.1) is 18.8 Å². The highest BCUT2D eigenvalue weighted by atomic mass is 35.5. The van der Waals surface area contributed by atoms with E-state index in [1.165, 1.54) is 0 Å². The Morgan fingerprint density at radius 3 is 2.26 bits per heavy atom. The largest absolute Gasteiger partial charge is 0.465 e. The molecule has 1 unspecified atom stereocenters. The molecule has 2 aromatic carbocycles. The number of carbonyl (C=O) groups excluding carboxylic acids is 4. The number of urea groups is 2. The molecule has 0 bridgehead atoms. The number of hydrogen-bond acceptors (Lipinski definition) is 6. The van der Waals surface area contributed by atoms with E-state index in [1.807, 2.05) is 66.1 Å². The summed E-state index contributed by atoms with van der Waals surface area (Å²) >= 11 is 6.31. The van der Waals surface area contributed by atoms with Crippen LogP contribution in [0.5, 0.6) is 0 Å². The lowest BCUT2D eigenvalue weighted by Crippen LogP contribution is -2.57. The number of hydrogen-bond donors (Lipinski definition) is 2. The van der Waals surface area contributed by atoms with Crippen LogP contribution in [-0.4, -0.2) is 108 Å². The van der Waals surface area contributed by atoms with Gasteiger partial charge >= 0.3 is 18.0 Å². The minimum atomic E-state index is -0.701. The molecule has 0 radical (unpaired) electrons. The highest BCUT2D eigenvalue weighted by molar-refractivity contribution is 6.31. The Labute approximate surface area is 300 Å². The number of esters is 1. The number of likely N-dealkylation sites (tertiary alicyclic amines) is 3. The number of nitrogens with one attached hydrogen (secondary N) is 2. The van der Waals surface area contributed by atoms with Gasteiger partial charge < -0.3 is 30.1 Å². The first kappa shape index (κ1) is 36.0. The van der Waals surface area contributed by atoms with Crippen LogP contribution in [0.2, 0.25) is 5.02 Å². The average molecular weight is 707 g/mol. The molecule has 0 saturated carbocycles. The van der Waals surface area contributed by atoms with Crippen molar-refractivity contribution in [3.8, 4) is 0 Å². The molecule has 6 rings (SSSR count). The first-order valence-corrected chi connectivity index (χ1v) is 18.7. The summed E-state index contributed by atoms with van der Waals surface area (Å²) in [5.41, 5.74) is 3.83. The van der Waals surface area contributed by atoms with E-state index in [0.717, 1.165) is 61.2 Å². The van der Waals surface area contributed by atoms with Gasteiger partial charge in [0.1, 0.15) is 6.04 Å². The quantitative estimate of drug-likeness (QED) is 0.343. The zero-order chi connectivity index (χ0) is 35.2. The van der Waals surface area contributed by atoms with Crippen LogP contribution in [0.4, 0.5) is 15.3 Å². The maximum Gasteiger partial charge on any atom is 0.322 e. The van der Waals surface area contributed by atoms with E-state index in [-0.39, 0.29) is 30.0 Å². The Balaban J connectivity index is 1.03. The molecule has 0 spiro atoms. The molecule has 12 heteroatoms. The zero-order valence-corrected chi connectivity index (χ0v) is 30.1. The van der Waals surface area contributed by atoms with Crippen LogP contribution in [0.1, 0.15) is 62.1 Å². The molecule has 270 valence electrons. The Kier molecular flexibility index (Phi) is 11.8. The average Bonchev–Trinajstić information content (AvgIpc) is 3.13. The number of amides is 5. The van der Waals surface area contributed by atoms with E-state index in [9.17, 15) is 19.2 Å². The SMILES string of the molecule is CCOC(=O)CN1CCC(C2CCN(C(=O)C(Cc3ccc(Cl)c(C)c3)NC(=O)N3CCC(N4Cc5ccccc5NC4=O)CC3)CC2)CC1. The number of rotatable bonds is 9. The monoisotopic (exact) mass is 706 g/mol. The van der Waals surface area contributed by atoms with Crippen molar-refractivity contribution in [1.29, 1.82) is 0 Å². The van der Waals surface area contributed by atoms with Crippen LogP contribution >= 0.6 is 11.6 Å². The Morgan fingerprint density at radius 1 is 0.920 bits per heavy atom. The molecular formula is C38H51ClN6O5. The molecule has 50 heavy (non-hydrogen) atoms. The minimum Gasteiger partial charge on any atom is -0.465 e. The highest BCUT2D eigenvalue weighted by Crippen LogP contribution is 2.33. The molecule has 0 aromatic heterocycles. The van der Waals surface area contributed by atoms with Crippen LogP contribution in [-0.2, 0) is 27.3 Å². The number of benzene rings is 2. The summed E-state index contributed by atoms with van der Waals surface area (Å²) in [6.07, 6.45) is 5.72. The molecule has 4 heterocycles. The number of aryl methyl sites for hydroxylation is 1. The standard InChI is InChI=1S/C38H51ClN6O5/c1-3-50-35(46)25-42-16-10-28(11-17-42)29-12-18-43(19-13-29)36(47)34(23-27-8-9-32(39)26(2)22-27)41-37(48)44-20-14-31(15-21-44)45-24-30-6-4-5-7-33(30)40-38(45)49/h4-9,22,28-29,31,34H,3,10-21,23-25H2,1-2H3,(H,40,49)(H,41,48). The van der Waals surface area contributed by atoms with Gasteiger partial charge in [-0.2, -0.15) is 0 Å². The lowest BCUT2D eigenvalue weighted by atomic mass is 9.78.